The number of aromatic nitrogens is 2. The predicted octanol–water partition coefficient (Wildman–Crippen LogP) is 3.77. The van der Waals surface area contributed by atoms with Gasteiger partial charge in [-0.15, -0.1) is 0 Å². The summed E-state index contributed by atoms with van der Waals surface area (Å²) in [7, 11) is 3.88. The van der Waals surface area contributed by atoms with E-state index in [1.807, 2.05) is 55.4 Å². The third kappa shape index (κ3) is 5.41. The average Bonchev–Trinajstić information content (AvgIpc) is 3.28. The fraction of sp³-hybridized carbons (Fsp3) is 0.214. The molecule has 0 aliphatic carbocycles. The first-order valence-electron chi connectivity index (χ1n) is 12.0. The Hall–Kier alpha value is -4.37. The Balaban J connectivity index is 1.36. The minimum atomic E-state index is -0.344. The van der Waals surface area contributed by atoms with E-state index in [0.717, 1.165) is 23.1 Å². The van der Waals surface area contributed by atoms with E-state index in [4.69, 9.17) is 0 Å². The Kier molecular flexibility index (Phi) is 6.78. The van der Waals surface area contributed by atoms with Gasteiger partial charge in [-0.3, -0.25) is 10.1 Å². The van der Waals surface area contributed by atoms with Crippen LogP contribution in [0.2, 0.25) is 0 Å². The minimum absolute atomic E-state index is 0.238. The van der Waals surface area contributed by atoms with Crippen molar-refractivity contribution in [3.05, 3.63) is 93.7 Å². The molecule has 0 unspecified atom stereocenters. The van der Waals surface area contributed by atoms with Gasteiger partial charge < -0.3 is 10.2 Å². The second kappa shape index (κ2) is 10.3. The summed E-state index contributed by atoms with van der Waals surface area (Å²) in [6.07, 6.45) is 0.939. The van der Waals surface area contributed by atoms with Gasteiger partial charge in [0, 0.05) is 36.9 Å². The molecule has 3 N–H and O–H groups in total. The Bertz CT molecular complexity index is 1580. The number of H-pyrrole nitrogens is 1. The summed E-state index contributed by atoms with van der Waals surface area (Å²) in [5, 5.41) is 13.7. The fourth-order valence-electron chi connectivity index (χ4n) is 4.39. The number of rotatable bonds is 6. The lowest BCUT2D eigenvalue weighted by Crippen LogP contribution is -2.41. The summed E-state index contributed by atoms with van der Waals surface area (Å²) in [6, 6.07) is 17.6. The molecule has 2 amide bonds. The van der Waals surface area contributed by atoms with Crippen LogP contribution < -0.4 is 16.2 Å². The maximum Gasteiger partial charge on any atom is 0.320 e. The molecule has 37 heavy (non-hydrogen) atoms. The van der Waals surface area contributed by atoms with Gasteiger partial charge in [-0.05, 0) is 55.1 Å². The molecule has 0 radical (unpaired) electrons. The zero-order chi connectivity index (χ0) is 25.9. The van der Waals surface area contributed by atoms with Crippen LogP contribution in [0.1, 0.15) is 16.8 Å². The lowest BCUT2D eigenvalue weighted by atomic mass is 9.97. The number of nitrogens with zero attached hydrogens (tertiary/aromatic N) is 3. The van der Waals surface area contributed by atoms with Gasteiger partial charge in [0.05, 0.1) is 16.8 Å². The number of likely N-dealkylation sites (N-methyl/N-ethyl adjacent to an activating group) is 1. The van der Waals surface area contributed by atoms with Crippen LogP contribution >= 0.6 is 0 Å². The van der Waals surface area contributed by atoms with E-state index in [1.54, 1.807) is 18.2 Å². The van der Waals surface area contributed by atoms with Crippen LogP contribution in [0.25, 0.3) is 21.9 Å². The van der Waals surface area contributed by atoms with Crippen molar-refractivity contribution in [2.24, 2.45) is 4.99 Å². The molecule has 1 aliphatic heterocycles. The Labute approximate surface area is 213 Å². The molecule has 2 heterocycles. The highest BCUT2D eigenvalue weighted by Gasteiger charge is 2.18. The molecule has 0 saturated carbocycles. The number of urea groups is 1. The smallest absolute Gasteiger partial charge is 0.320 e. The number of benzene rings is 3. The van der Waals surface area contributed by atoms with Gasteiger partial charge >= 0.3 is 6.03 Å². The second-order valence-electron chi connectivity index (χ2n) is 9.30. The number of carbonyl (C=O) groups is 1. The summed E-state index contributed by atoms with van der Waals surface area (Å²) in [4.78, 5) is 30.8. The average molecular weight is 499 g/mol. The summed E-state index contributed by atoms with van der Waals surface area (Å²) in [5.41, 5.74) is 4.15. The Morgan fingerprint density at radius 3 is 2.70 bits per heavy atom. The van der Waals surface area contributed by atoms with E-state index in [-0.39, 0.29) is 17.4 Å². The number of hydrogen-bond donors (Lipinski definition) is 3. The third-order valence-corrected chi connectivity index (χ3v) is 6.29. The summed E-state index contributed by atoms with van der Waals surface area (Å²) >= 11 is 0. The van der Waals surface area contributed by atoms with Crippen LogP contribution in [0, 0.1) is 5.82 Å². The molecule has 5 rings (SSSR count). The Morgan fingerprint density at radius 2 is 1.89 bits per heavy atom. The number of fused-ring (bicyclic) bond motifs is 2. The van der Waals surface area contributed by atoms with Crippen molar-refractivity contribution in [2.45, 2.75) is 12.8 Å². The van der Waals surface area contributed by atoms with Gasteiger partial charge in [0.25, 0.3) is 5.56 Å². The SMILES string of the molecule is CN(C)CCNC(=O)NC1=Nc2cc(-c3cc(Cc4n[nH]c(=O)c5ccccc45)ccc3F)ccc2C1. The topological polar surface area (TPSA) is 102 Å². The van der Waals surface area contributed by atoms with Gasteiger partial charge in [-0.25, -0.2) is 19.3 Å². The number of halogens is 1. The molecule has 0 saturated heterocycles. The molecule has 8 nitrogen and oxygen atoms in total. The molecule has 1 aromatic heterocycles. The normalized spacial score (nSPS) is 12.5. The van der Waals surface area contributed by atoms with Gasteiger partial charge in [0.1, 0.15) is 11.7 Å². The van der Waals surface area contributed by atoms with Gasteiger partial charge in [-0.1, -0.05) is 36.4 Å². The molecule has 188 valence electrons. The van der Waals surface area contributed by atoms with E-state index < -0.39 is 0 Å². The molecule has 4 aromatic rings. The largest absolute Gasteiger partial charge is 0.337 e. The number of amidine groups is 1. The van der Waals surface area contributed by atoms with Crippen molar-refractivity contribution in [3.63, 3.8) is 0 Å². The van der Waals surface area contributed by atoms with E-state index in [9.17, 15) is 14.0 Å². The minimum Gasteiger partial charge on any atom is -0.337 e. The van der Waals surface area contributed by atoms with Gasteiger partial charge in [0.2, 0.25) is 0 Å². The molecule has 1 aliphatic rings. The van der Waals surface area contributed by atoms with E-state index in [0.29, 0.717) is 53.1 Å². The van der Waals surface area contributed by atoms with Gasteiger partial charge in [0.15, 0.2) is 0 Å². The first kappa shape index (κ1) is 24.3. The second-order valence-corrected chi connectivity index (χ2v) is 9.30. The lowest BCUT2D eigenvalue weighted by Gasteiger charge is -2.11. The highest BCUT2D eigenvalue weighted by atomic mass is 19.1. The molecule has 9 heteroatoms. The van der Waals surface area contributed by atoms with Crippen LogP contribution in [-0.4, -0.2) is 54.1 Å². The van der Waals surface area contributed by atoms with Crippen LogP contribution in [-0.2, 0) is 12.8 Å². The van der Waals surface area contributed by atoms with Gasteiger partial charge in [-0.2, -0.15) is 5.10 Å². The zero-order valence-electron chi connectivity index (χ0n) is 20.6. The molecule has 0 bridgehead atoms. The van der Waals surface area contributed by atoms with E-state index >= 15 is 0 Å². The summed E-state index contributed by atoms with van der Waals surface area (Å²) in [5.74, 6) is 0.211. The van der Waals surface area contributed by atoms with Crippen LogP contribution in [0.3, 0.4) is 0 Å². The molecular weight excluding hydrogens is 471 g/mol. The highest BCUT2D eigenvalue weighted by Crippen LogP contribution is 2.33. The van der Waals surface area contributed by atoms with Crippen molar-refractivity contribution in [2.75, 3.05) is 27.2 Å². The number of hydrogen-bond acceptors (Lipinski definition) is 5. The van der Waals surface area contributed by atoms with Crippen LogP contribution in [0.4, 0.5) is 14.9 Å². The summed E-state index contributed by atoms with van der Waals surface area (Å²) < 4.78 is 14.9. The monoisotopic (exact) mass is 498 g/mol. The highest BCUT2D eigenvalue weighted by molar-refractivity contribution is 6.02. The molecule has 0 spiro atoms. The number of aromatic amines is 1. The lowest BCUT2D eigenvalue weighted by molar-refractivity contribution is 0.244. The number of nitrogens with one attached hydrogen (secondary N) is 3. The number of amides is 2. The maximum absolute atomic E-state index is 14.9. The van der Waals surface area contributed by atoms with Crippen molar-refractivity contribution in [3.8, 4) is 11.1 Å². The predicted molar refractivity (Wildman–Crippen MR) is 143 cm³/mol. The Morgan fingerprint density at radius 1 is 1.08 bits per heavy atom. The zero-order valence-corrected chi connectivity index (χ0v) is 20.6. The molecule has 0 fully saturated rings. The first-order chi connectivity index (χ1) is 17.9. The van der Waals surface area contributed by atoms with Crippen molar-refractivity contribution in [1.82, 2.24) is 25.7 Å². The summed E-state index contributed by atoms with van der Waals surface area (Å²) in [6.45, 7) is 1.27. The fourth-order valence-corrected chi connectivity index (χ4v) is 4.39. The maximum atomic E-state index is 14.9. The number of carbonyl (C=O) groups excluding carboxylic acids is 1. The van der Waals surface area contributed by atoms with E-state index in [1.165, 1.54) is 6.07 Å². The van der Waals surface area contributed by atoms with E-state index in [2.05, 4.69) is 25.8 Å². The third-order valence-electron chi connectivity index (χ3n) is 6.29. The quantitative estimate of drug-likeness (QED) is 0.377. The standard InChI is InChI=1S/C28H27FN6O2/c1-35(2)12-11-30-28(37)32-26-16-19-9-8-18(15-24(19)31-26)22-13-17(7-10-23(22)29)14-25-20-5-3-4-6-21(20)27(36)34-33-25/h3-10,13,15H,11-12,14,16H2,1-2H3,(H,34,36)(H2,30,31,32,37). The van der Waals surface area contributed by atoms with Crippen molar-refractivity contribution >= 4 is 28.3 Å². The first-order valence-corrected chi connectivity index (χ1v) is 12.0. The molecule has 0 atom stereocenters. The number of aliphatic imine (C=N–C) groups is 1. The van der Waals surface area contributed by atoms with Crippen molar-refractivity contribution in [1.29, 1.82) is 0 Å². The molecular formula is C28H27FN6O2. The molecule has 3 aromatic carbocycles. The van der Waals surface area contributed by atoms with Crippen LogP contribution in [0.15, 0.2) is 70.5 Å². The van der Waals surface area contributed by atoms with Crippen LogP contribution in [0.5, 0.6) is 0 Å². The van der Waals surface area contributed by atoms with Crippen molar-refractivity contribution < 1.29 is 9.18 Å².